The van der Waals surface area contributed by atoms with Gasteiger partial charge in [0, 0.05) is 6.54 Å². The summed E-state index contributed by atoms with van der Waals surface area (Å²) in [6, 6.07) is 0.810. The second-order valence-corrected chi connectivity index (χ2v) is 5.48. The molecule has 1 aliphatic rings. The van der Waals surface area contributed by atoms with Crippen molar-refractivity contribution < 1.29 is 19.1 Å². The van der Waals surface area contributed by atoms with E-state index < -0.39 is 12.0 Å². The van der Waals surface area contributed by atoms with Crippen molar-refractivity contribution >= 4 is 27.8 Å². The fraction of sp³-hybridized carbons (Fsp3) is 0.538. The Bertz CT molecular complexity index is 485. The van der Waals surface area contributed by atoms with Gasteiger partial charge in [0.05, 0.1) is 11.8 Å². The number of carbonyl (C=O) groups excluding carboxylic acids is 1. The minimum absolute atomic E-state index is 0.289. The van der Waals surface area contributed by atoms with Gasteiger partial charge in [0.25, 0.3) is 5.91 Å². The maximum absolute atomic E-state index is 12.4. The smallest absolute Gasteiger partial charge is 0.326 e. The van der Waals surface area contributed by atoms with Gasteiger partial charge >= 0.3 is 5.97 Å². The molecule has 2 heterocycles. The zero-order valence-corrected chi connectivity index (χ0v) is 12.2. The number of carboxylic acids is 1. The van der Waals surface area contributed by atoms with E-state index in [1.165, 1.54) is 11.2 Å². The minimum atomic E-state index is -0.939. The molecule has 1 amide bonds. The zero-order valence-electron chi connectivity index (χ0n) is 10.6. The predicted molar refractivity (Wildman–Crippen MR) is 71.9 cm³/mol. The normalized spacial score (nSPS) is 23.4. The summed E-state index contributed by atoms with van der Waals surface area (Å²) in [6.07, 6.45) is 3.72. The highest BCUT2D eigenvalue weighted by Crippen LogP contribution is 2.28. The lowest BCUT2D eigenvalue weighted by Gasteiger charge is -2.36. The van der Waals surface area contributed by atoms with Crippen molar-refractivity contribution in [2.24, 2.45) is 5.92 Å². The highest BCUT2D eigenvalue weighted by Gasteiger charge is 2.36. The van der Waals surface area contributed by atoms with E-state index in [-0.39, 0.29) is 5.91 Å². The van der Waals surface area contributed by atoms with Gasteiger partial charge in [-0.25, -0.2) is 4.79 Å². The van der Waals surface area contributed by atoms with E-state index in [9.17, 15) is 14.7 Å². The summed E-state index contributed by atoms with van der Waals surface area (Å²) in [4.78, 5) is 25.2. The van der Waals surface area contributed by atoms with Crippen molar-refractivity contribution in [1.29, 1.82) is 0 Å². The fourth-order valence-corrected chi connectivity index (χ4v) is 2.90. The van der Waals surface area contributed by atoms with Gasteiger partial charge in [0.15, 0.2) is 4.67 Å². The minimum Gasteiger partial charge on any atom is -0.480 e. The van der Waals surface area contributed by atoms with E-state index in [4.69, 9.17) is 4.42 Å². The van der Waals surface area contributed by atoms with Crippen LogP contribution in [-0.2, 0) is 4.79 Å². The van der Waals surface area contributed by atoms with Crippen molar-refractivity contribution in [2.45, 2.75) is 32.2 Å². The Morgan fingerprint density at radius 2 is 2.32 bits per heavy atom. The maximum Gasteiger partial charge on any atom is 0.326 e. The zero-order chi connectivity index (χ0) is 14.0. The van der Waals surface area contributed by atoms with Crippen LogP contribution in [0.1, 0.15) is 36.5 Å². The van der Waals surface area contributed by atoms with Crippen LogP contribution in [0.25, 0.3) is 0 Å². The Kier molecular flexibility index (Phi) is 4.29. The van der Waals surface area contributed by atoms with Crippen LogP contribution in [0.2, 0.25) is 0 Å². The largest absolute Gasteiger partial charge is 0.480 e. The highest BCUT2D eigenvalue weighted by atomic mass is 79.9. The van der Waals surface area contributed by atoms with Crippen LogP contribution >= 0.6 is 15.9 Å². The Hall–Kier alpha value is -1.30. The number of piperidine rings is 1. The van der Waals surface area contributed by atoms with Crippen LogP contribution in [-0.4, -0.2) is 34.5 Å². The summed E-state index contributed by atoms with van der Waals surface area (Å²) in [5.74, 6) is -0.855. The third kappa shape index (κ3) is 2.83. The van der Waals surface area contributed by atoms with E-state index >= 15 is 0 Å². The SMILES string of the molecule is CCC1CCN(C(=O)c2ccoc2Br)C(C(=O)O)C1. The molecular formula is C13H16BrNO4. The number of hydrogen-bond acceptors (Lipinski definition) is 3. The lowest BCUT2D eigenvalue weighted by Crippen LogP contribution is -2.50. The van der Waals surface area contributed by atoms with Crippen LogP contribution in [0.4, 0.5) is 0 Å². The van der Waals surface area contributed by atoms with Gasteiger partial charge in [-0.1, -0.05) is 13.3 Å². The van der Waals surface area contributed by atoms with Crippen LogP contribution in [0.5, 0.6) is 0 Å². The Balaban J connectivity index is 2.20. The van der Waals surface area contributed by atoms with Crippen LogP contribution < -0.4 is 0 Å². The number of amides is 1. The molecule has 0 aromatic carbocycles. The van der Waals surface area contributed by atoms with Gasteiger partial charge in [0.1, 0.15) is 6.04 Å². The van der Waals surface area contributed by atoms with E-state index in [0.29, 0.717) is 29.1 Å². The molecule has 0 spiro atoms. The average molecular weight is 330 g/mol. The lowest BCUT2D eigenvalue weighted by atomic mass is 9.88. The van der Waals surface area contributed by atoms with Crippen LogP contribution in [0, 0.1) is 5.92 Å². The van der Waals surface area contributed by atoms with Crippen molar-refractivity contribution in [1.82, 2.24) is 4.90 Å². The molecule has 1 fully saturated rings. The van der Waals surface area contributed by atoms with E-state index in [2.05, 4.69) is 15.9 Å². The molecule has 1 aromatic rings. The molecule has 0 bridgehead atoms. The fourth-order valence-electron chi connectivity index (χ4n) is 2.49. The first kappa shape index (κ1) is 14.1. The van der Waals surface area contributed by atoms with Crippen LogP contribution in [0.3, 0.4) is 0 Å². The molecule has 1 aromatic heterocycles. The van der Waals surface area contributed by atoms with Crippen molar-refractivity contribution in [3.63, 3.8) is 0 Å². The third-order valence-corrected chi connectivity index (χ3v) is 4.30. The molecular weight excluding hydrogens is 314 g/mol. The quantitative estimate of drug-likeness (QED) is 0.925. The maximum atomic E-state index is 12.4. The Morgan fingerprint density at radius 3 is 2.84 bits per heavy atom. The number of rotatable bonds is 3. The van der Waals surface area contributed by atoms with E-state index in [1.54, 1.807) is 6.07 Å². The van der Waals surface area contributed by atoms with Crippen molar-refractivity contribution in [3.8, 4) is 0 Å². The number of likely N-dealkylation sites (tertiary alicyclic amines) is 1. The molecule has 19 heavy (non-hydrogen) atoms. The summed E-state index contributed by atoms with van der Waals surface area (Å²) in [5.41, 5.74) is 0.376. The summed E-state index contributed by atoms with van der Waals surface area (Å²) in [6.45, 7) is 2.53. The summed E-state index contributed by atoms with van der Waals surface area (Å²) >= 11 is 3.15. The summed E-state index contributed by atoms with van der Waals surface area (Å²) in [5, 5.41) is 9.31. The standard InChI is InChI=1S/C13H16BrNO4/c1-2-8-3-5-15(10(7-8)13(17)18)12(16)9-4-6-19-11(9)14/h4,6,8,10H,2-3,5,7H2,1H3,(H,17,18). The molecule has 1 saturated heterocycles. The first-order valence-electron chi connectivity index (χ1n) is 6.31. The third-order valence-electron chi connectivity index (χ3n) is 3.68. The Labute approximate surface area is 119 Å². The predicted octanol–water partition coefficient (Wildman–Crippen LogP) is 2.76. The topological polar surface area (TPSA) is 70.8 Å². The number of aliphatic carboxylic acids is 1. The van der Waals surface area contributed by atoms with Gasteiger partial charge in [-0.05, 0) is 40.8 Å². The molecule has 6 heteroatoms. The number of hydrogen-bond donors (Lipinski definition) is 1. The van der Waals surface area contributed by atoms with Crippen LogP contribution in [0.15, 0.2) is 21.4 Å². The first-order valence-corrected chi connectivity index (χ1v) is 7.10. The molecule has 1 N–H and O–H groups in total. The van der Waals surface area contributed by atoms with E-state index in [1.807, 2.05) is 6.92 Å². The second kappa shape index (κ2) is 5.77. The molecule has 104 valence electrons. The average Bonchev–Trinajstić information content (AvgIpc) is 2.83. The van der Waals surface area contributed by atoms with Gasteiger partial charge < -0.3 is 14.4 Å². The van der Waals surface area contributed by atoms with Crippen molar-refractivity contribution in [2.75, 3.05) is 6.54 Å². The highest BCUT2D eigenvalue weighted by molar-refractivity contribution is 9.10. The number of furan rings is 1. The first-order chi connectivity index (χ1) is 9.04. The summed E-state index contributed by atoms with van der Waals surface area (Å²) < 4.78 is 5.38. The molecule has 1 aliphatic heterocycles. The molecule has 2 rings (SSSR count). The number of carboxylic acid groups (broad SMARTS) is 1. The molecule has 0 radical (unpaired) electrons. The molecule has 5 nitrogen and oxygen atoms in total. The van der Waals surface area contributed by atoms with E-state index in [0.717, 1.165) is 12.8 Å². The van der Waals surface area contributed by atoms with Gasteiger partial charge in [-0.3, -0.25) is 4.79 Å². The number of halogens is 1. The molecule has 0 saturated carbocycles. The van der Waals surface area contributed by atoms with Gasteiger partial charge in [-0.2, -0.15) is 0 Å². The summed E-state index contributed by atoms with van der Waals surface area (Å²) in [7, 11) is 0. The Morgan fingerprint density at radius 1 is 1.58 bits per heavy atom. The van der Waals surface area contributed by atoms with Crippen molar-refractivity contribution in [3.05, 3.63) is 22.6 Å². The van der Waals surface area contributed by atoms with Gasteiger partial charge in [0.2, 0.25) is 0 Å². The molecule has 0 aliphatic carbocycles. The monoisotopic (exact) mass is 329 g/mol. The molecule has 2 atom stereocenters. The number of nitrogens with zero attached hydrogens (tertiary/aromatic N) is 1. The molecule has 2 unspecified atom stereocenters. The van der Waals surface area contributed by atoms with Gasteiger partial charge in [-0.15, -0.1) is 0 Å². The second-order valence-electron chi connectivity index (χ2n) is 4.76. The number of carbonyl (C=O) groups is 2. The lowest BCUT2D eigenvalue weighted by molar-refractivity contribution is -0.144.